The van der Waals surface area contributed by atoms with Crippen molar-refractivity contribution in [3.05, 3.63) is 23.5 Å². The molecular formula is C15H20O2. The van der Waals surface area contributed by atoms with Gasteiger partial charge >= 0.3 is 5.97 Å². The number of carbonyl (C=O) groups is 1. The monoisotopic (exact) mass is 232 g/mol. The van der Waals surface area contributed by atoms with Gasteiger partial charge in [-0.05, 0) is 49.5 Å². The predicted octanol–water partition coefficient (Wildman–Crippen LogP) is 3.59. The molecule has 92 valence electrons. The third-order valence-corrected chi connectivity index (χ3v) is 5.03. The minimum absolute atomic E-state index is 0.0238. The Morgan fingerprint density at radius 1 is 1.47 bits per heavy atom. The Morgan fingerprint density at radius 2 is 2.24 bits per heavy atom. The molecular weight excluding hydrogens is 212 g/mol. The summed E-state index contributed by atoms with van der Waals surface area (Å²) in [5, 5.41) is 0. The summed E-state index contributed by atoms with van der Waals surface area (Å²) < 4.78 is 5.44. The third kappa shape index (κ3) is 1.50. The van der Waals surface area contributed by atoms with Crippen LogP contribution in [0.3, 0.4) is 0 Å². The fraction of sp³-hybridized carbons (Fsp3) is 0.667. The molecule has 0 unspecified atom stereocenters. The fourth-order valence-corrected chi connectivity index (χ4v) is 3.85. The molecule has 2 nitrogen and oxygen atoms in total. The number of rotatable bonds is 0. The van der Waals surface area contributed by atoms with E-state index in [0.717, 1.165) is 25.0 Å². The van der Waals surface area contributed by atoms with E-state index in [2.05, 4.69) is 13.5 Å². The first kappa shape index (κ1) is 11.1. The highest BCUT2D eigenvalue weighted by molar-refractivity contribution is 5.80. The summed E-state index contributed by atoms with van der Waals surface area (Å²) in [6, 6.07) is 0. The second-order valence-corrected chi connectivity index (χ2v) is 6.19. The van der Waals surface area contributed by atoms with E-state index in [1.54, 1.807) is 0 Å². The molecule has 0 radical (unpaired) electrons. The van der Waals surface area contributed by atoms with Crippen LogP contribution in [-0.2, 0) is 9.53 Å². The number of esters is 1. The van der Waals surface area contributed by atoms with Gasteiger partial charge in [-0.25, -0.2) is 0 Å². The van der Waals surface area contributed by atoms with Gasteiger partial charge in [0.2, 0.25) is 0 Å². The molecule has 2 heteroatoms. The van der Waals surface area contributed by atoms with E-state index in [-0.39, 0.29) is 17.3 Å². The smallest absolute Gasteiger partial charge is 0.317 e. The van der Waals surface area contributed by atoms with Crippen LogP contribution in [0, 0.1) is 17.3 Å². The largest absolute Gasteiger partial charge is 0.431 e. The molecule has 3 atom stereocenters. The lowest BCUT2D eigenvalue weighted by atomic mass is 9.58. The van der Waals surface area contributed by atoms with Crippen molar-refractivity contribution in [2.75, 3.05) is 0 Å². The van der Waals surface area contributed by atoms with Crippen LogP contribution in [0.4, 0.5) is 0 Å². The van der Waals surface area contributed by atoms with Crippen molar-refractivity contribution in [2.45, 2.75) is 46.0 Å². The van der Waals surface area contributed by atoms with Gasteiger partial charge in [-0.3, -0.25) is 4.79 Å². The van der Waals surface area contributed by atoms with Gasteiger partial charge in [0.25, 0.3) is 0 Å². The van der Waals surface area contributed by atoms with Crippen LogP contribution < -0.4 is 0 Å². The second-order valence-electron chi connectivity index (χ2n) is 6.19. The number of fused-ring (bicyclic) bond motifs is 1. The van der Waals surface area contributed by atoms with Crippen molar-refractivity contribution >= 4 is 5.97 Å². The Labute approximate surface area is 103 Å². The molecule has 0 aromatic rings. The van der Waals surface area contributed by atoms with Gasteiger partial charge in [0.15, 0.2) is 0 Å². The zero-order valence-corrected chi connectivity index (χ0v) is 10.7. The molecule has 0 bridgehead atoms. The number of allylic oxidation sites excluding steroid dienone is 2. The highest BCUT2D eigenvalue weighted by Gasteiger charge is 2.47. The fourth-order valence-electron chi connectivity index (χ4n) is 3.85. The standard InChI is InChI=1S/C15H20O2/c1-9-5-4-6-15(3)8-13-11(7-12(9)15)10(2)14(16)17-13/h10,12H,1,4-8H2,2-3H3/t10-,12-,15-/m1/s1. The first-order chi connectivity index (χ1) is 8.01. The summed E-state index contributed by atoms with van der Waals surface area (Å²) in [5.41, 5.74) is 2.91. The molecule has 2 aliphatic carbocycles. The van der Waals surface area contributed by atoms with E-state index in [0.29, 0.717) is 5.92 Å². The number of hydrogen-bond donors (Lipinski definition) is 0. The van der Waals surface area contributed by atoms with Gasteiger partial charge in [-0.1, -0.05) is 19.1 Å². The molecule has 17 heavy (non-hydrogen) atoms. The van der Waals surface area contributed by atoms with E-state index in [1.807, 2.05) is 6.92 Å². The maximum atomic E-state index is 11.6. The second kappa shape index (κ2) is 3.47. The molecule has 0 spiro atoms. The normalized spacial score (nSPS) is 41.1. The van der Waals surface area contributed by atoms with Crippen molar-refractivity contribution in [3.63, 3.8) is 0 Å². The van der Waals surface area contributed by atoms with E-state index >= 15 is 0 Å². The zero-order valence-electron chi connectivity index (χ0n) is 10.7. The van der Waals surface area contributed by atoms with Gasteiger partial charge in [0.1, 0.15) is 5.76 Å². The molecule has 3 aliphatic rings. The van der Waals surface area contributed by atoms with Crippen molar-refractivity contribution < 1.29 is 9.53 Å². The van der Waals surface area contributed by atoms with Gasteiger partial charge in [-0.15, -0.1) is 0 Å². The summed E-state index contributed by atoms with van der Waals surface area (Å²) in [5.74, 6) is 1.47. The van der Waals surface area contributed by atoms with Gasteiger partial charge in [-0.2, -0.15) is 0 Å². The Hall–Kier alpha value is -1.05. The maximum Gasteiger partial charge on any atom is 0.317 e. The number of ether oxygens (including phenoxy) is 1. The molecule has 0 aromatic heterocycles. The summed E-state index contributed by atoms with van der Waals surface area (Å²) in [6.45, 7) is 8.56. The maximum absolute atomic E-state index is 11.6. The lowest BCUT2D eigenvalue weighted by molar-refractivity contribution is -0.140. The van der Waals surface area contributed by atoms with Crippen LogP contribution >= 0.6 is 0 Å². The summed E-state index contributed by atoms with van der Waals surface area (Å²) in [7, 11) is 0. The lowest BCUT2D eigenvalue weighted by Crippen LogP contribution is -2.36. The van der Waals surface area contributed by atoms with Crippen LogP contribution in [-0.4, -0.2) is 5.97 Å². The molecule has 0 saturated heterocycles. The Balaban J connectivity index is 1.97. The van der Waals surface area contributed by atoms with Crippen LogP contribution in [0.25, 0.3) is 0 Å². The summed E-state index contributed by atoms with van der Waals surface area (Å²) in [4.78, 5) is 11.6. The SMILES string of the molecule is C=C1CCC[C@]2(C)CC3=C(C[C@H]12)[C@@H](C)C(=O)O3. The Kier molecular flexibility index (Phi) is 2.26. The van der Waals surface area contributed by atoms with Crippen LogP contribution in [0.15, 0.2) is 23.5 Å². The van der Waals surface area contributed by atoms with Gasteiger partial charge < -0.3 is 4.74 Å². The molecule has 0 aromatic carbocycles. The quantitative estimate of drug-likeness (QED) is 0.471. The molecule has 1 fully saturated rings. The first-order valence-electron chi connectivity index (χ1n) is 6.62. The van der Waals surface area contributed by atoms with Crippen LogP contribution in [0.2, 0.25) is 0 Å². The molecule has 0 N–H and O–H groups in total. The molecule has 1 heterocycles. The highest BCUT2D eigenvalue weighted by Crippen LogP contribution is 2.56. The third-order valence-electron chi connectivity index (χ3n) is 5.03. The van der Waals surface area contributed by atoms with Crippen molar-refractivity contribution in [3.8, 4) is 0 Å². The average Bonchev–Trinajstić information content (AvgIpc) is 2.52. The first-order valence-corrected chi connectivity index (χ1v) is 6.62. The predicted molar refractivity (Wildman–Crippen MR) is 66.1 cm³/mol. The van der Waals surface area contributed by atoms with Crippen LogP contribution in [0.1, 0.15) is 46.0 Å². The van der Waals surface area contributed by atoms with Crippen molar-refractivity contribution in [2.24, 2.45) is 17.3 Å². The number of hydrogen-bond acceptors (Lipinski definition) is 2. The minimum atomic E-state index is -0.0529. The summed E-state index contributed by atoms with van der Waals surface area (Å²) in [6.07, 6.45) is 5.56. The van der Waals surface area contributed by atoms with E-state index < -0.39 is 0 Å². The zero-order chi connectivity index (χ0) is 12.2. The Bertz CT molecular complexity index is 432. The Morgan fingerprint density at radius 3 is 3.00 bits per heavy atom. The number of carbonyl (C=O) groups excluding carboxylic acids is 1. The van der Waals surface area contributed by atoms with E-state index in [1.165, 1.54) is 24.0 Å². The van der Waals surface area contributed by atoms with E-state index in [4.69, 9.17) is 4.74 Å². The molecule has 1 saturated carbocycles. The minimum Gasteiger partial charge on any atom is -0.431 e. The summed E-state index contributed by atoms with van der Waals surface area (Å²) >= 11 is 0. The van der Waals surface area contributed by atoms with Gasteiger partial charge in [0, 0.05) is 6.42 Å². The van der Waals surface area contributed by atoms with E-state index in [9.17, 15) is 4.79 Å². The lowest BCUT2D eigenvalue weighted by Gasteiger charge is -2.46. The average molecular weight is 232 g/mol. The van der Waals surface area contributed by atoms with Crippen molar-refractivity contribution in [1.82, 2.24) is 0 Å². The highest BCUT2D eigenvalue weighted by atomic mass is 16.5. The molecule has 1 aliphatic heterocycles. The topological polar surface area (TPSA) is 26.3 Å². The van der Waals surface area contributed by atoms with Crippen molar-refractivity contribution in [1.29, 1.82) is 0 Å². The molecule has 0 amide bonds. The van der Waals surface area contributed by atoms with Gasteiger partial charge in [0.05, 0.1) is 5.92 Å². The van der Waals surface area contributed by atoms with Crippen LogP contribution in [0.5, 0.6) is 0 Å². The molecule has 3 rings (SSSR count).